The molecule has 0 bridgehead atoms. The first-order valence-electron chi connectivity index (χ1n) is 8.47. The molecular formula is C18H18Cl3N5O2. The summed E-state index contributed by atoms with van der Waals surface area (Å²) in [5.74, 6) is -0.0626. The predicted molar refractivity (Wildman–Crippen MR) is 111 cm³/mol. The highest BCUT2D eigenvalue weighted by Crippen LogP contribution is 2.32. The van der Waals surface area contributed by atoms with Crippen LogP contribution in [-0.4, -0.2) is 25.5 Å². The molecule has 0 aliphatic heterocycles. The summed E-state index contributed by atoms with van der Waals surface area (Å²) >= 11 is 18.5. The summed E-state index contributed by atoms with van der Waals surface area (Å²) in [5, 5.41) is 10.5. The molecule has 2 heterocycles. The van der Waals surface area contributed by atoms with Gasteiger partial charge in [0.25, 0.3) is 5.56 Å². The summed E-state index contributed by atoms with van der Waals surface area (Å²) in [6, 6.07) is 4.62. The minimum absolute atomic E-state index is 0.132. The Hall–Kier alpha value is -2.22. The molecule has 28 heavy (non-hydrogen) atoms. The standard InChI is InChI=1S/C18H18Cl3N5O2/c1-4-18(2,3)17(28)23-15-14(25-7-5-6-22-25)16(27)26(24-15)13-11(20)8-10(19)9-12(13)21/h5-9,24H,4H2,1-3H3,(H,23,28). The van der Waals surface area contributed by atoms with Crippen LogP contribution >= 0.6 is 34.8 Å². The molecule has 148 valence electrons. The molecule has 3 rings (SSSR count). The number of rotatable bonds is 5. The topological polar surface area (TPSA) is 84.7 Å². The van der Waals surface area contributed by atoms with Gasteiger partial charge in [-0.05, 0) is 24.6 Å². The van der Waals surface area contributed by atoms with Crippen molar-refractivity contribution in [3.8, 4) is 11.4 Å². The van der Waals surface area contributed by atoms with E-state index in [4.69, 9.17) is 34.8 Å². The van der Waals surface area contributed by atoms with E-state index in [-0.39, 0.29) is 33.1 Å². The van der Waals surface area contributed by atoms with Crippen LogP contribution in [0.15, 0.2) is 35.4 Å². The molecule has 2 aromatic heterocycles. The van der Waals surface area contributed by atoms with Gasteiger partial charge in [0.1, 0.15) is 5.69 Å². The molecule has 3 aromatic rings. The average Bonchev–Trinajstić information content (AvgIpc) is 3.23. The van der Waals surface area contributed by atoms with Crippen molar-refractivity contribution in [3.05, 3.63) is 56.0 Å². The highest BCUT2D eigenvalue weighted by molar-refractivity contribution is 6.40. The summed E-state index contributed by atoms with van der Waals surface area (Å²) in [7, 11) is 0. The molecular weight excluding hydrogens is 425 g/mol. The number of halogens is 3. The van der Waals surface area contributed by atoms with Gasteiger partial charge in [-0.15, -0.1) is 0 Å². The first kappa shape index (κ1) is 20.5. The lowest BCUT2D eigenvalue weighted by Gasteiger charge is -2.21. The summed E-state index contributed by atoms with van der Waals surface area (Å²) in [6.07, 6.45) is 3.75. The predicted octanol–water partition coefficient (Wildman–Crippen LogP) is 4.69. The molecule has 0 aliphatic carbocycles. The zero-order valence-electron chi connectivity index (χ0n) is 15.4. The minimum Gasteiger partial charge on any atom is -0.309 e. The van der Waals surface area contributed by atoms with Gasteiger partial charge >= 0.3 is 0 Å². The number of hydrogen-bond acceptors (Lipinski definition) is 3. The minimum atomic E-state index is -0.629. The second kappa shape index (κ2) is 7.66. The van der Waals surface area contributed by atoms with Gasteiger partial charge in [-0.25, -0.2) is 9.36 Å². The number of aromatic nitrogens is 4. The van der Waals surface area contributed by atoms with Gasteiger partial charge in [-0.2, -0.15) is 5.10 Å². The number of nitrogens with one attached hydrogen (secondary N) is 2. The largest absolute Gasteiger partial charge is 0.309 e. The Morgan fingerprint density at radius 2 is 1.86 bits per heavy atom. The van der Waals surface area contributed by atoms with Crippen LogP contribution < -0.4 is 10.9 Å². The summed E-state index contributed by atoms with van der Waals surface area (Å²) in [4.78, 5) is 25.8. The van der Waals surface area contributed by atoms with Gasteiger partial charge in [0.2, 0.25) is 5.91 Å². The van der Waals surface area contributed by atoms with Crippen molar-refractivity contribution in [1.82, 2.24) is 19.6 Å². The fourth-order valence-electron chi connectivity index (χ4n) is 2.48. The first-order valence-corrected chi connectivity index (χ1v) is 9.60. The van der Waals surface area contributed by atoms with Crippen LogP contribution in [0.25, 0.3) is 11.4 Å². The molecule has 0 spiro atoms. The Morgan fingerprint density at radius 3 is 2.39 bits per heavy atom. The summed E-state index contributed by atoms with van der Waals surface area (Å²) < 4.78 is 2.52. The number of anilines is 1. The number of benzene rings is 1. The smallest absolute Gasteiger partial charge is 0.299 e. The van der Waals surface area contributed by atoms with Crippen LogP contribution in [0.2, 0.25) is 15.1 Å². The van der Waals surface area contributed by atoms with Gasteiger partial charge in [0, 0.05) is 22.8 Å². The second-order valence-electron chi connectivity index (χ2n) is 6.84. The van der Waals surface area contributed by atoms with Gasteiger partial charge < -0.3 is 5.32 Å². The quantitative estimate of drug-likeness (QED) is 0.601. The zero-order valence-corrected chi connectivity index (χ0v) is 17.7. The maximum atomic E-state index is 13.1. The molecule has 0 saturated heterocycles. The lowest BCUT2D eigenvalue weighted by Crippen LogP contribution is -2.30. The number of aromatic amines is 1. The summed E-state index contributed by atoms with van der Waals surface area (Å²) in [5.41, 5.74) is -0.760. The first-order chi connectivity index (χ1) is 13.2. The van der Waals surface area contributed by atoms with Crippen LogP contribution in [0.3, 0.4) is 0 Å². The van der Waals surface area contributed by atoms with Gasteiger partial charge in [0.15, 0.2) is 11.5 Å². The van der Waals surface area contributed by atoms with Crippen molar-refractivity contribution in [2.24, 2.45) is 5.41 Å². The van der Waals surface area contributed by atoms with E-state index in [0.717, 1.165) is 4.68 Å². The lowest BCUT2D eigenvalue weighted by atomic mass is 9.89. The Kier molecular flexibility index (Phi) is 5.61. The van der Waals surface area contributed by atoms with Gasteiger partial charge in [0.05, 0.1) is 10.0 Å². The molecule has 0 aliphatic rings. The fraction of sp³-hybridized carbons (Fsp3) is 0.278. The Bertz CT molecular complexity index is 1060. The van der Waals surface area contributed by atoms with Crippen LogP contribution in [0.4, 0.5) is 5.82 Å². The van der Waals surface area contributed by atoms with E-state index in [1.807, 2.05) is 20.8 Å². The maximum absolute atomic E-state index is 13.1. The van der Waals surface area contributed by atoms with Crippen LogP contribution in [0.5, 0.6) is 0 Å². The molecule has 1 aromatic carbocycles. The number of nitrogens with zero attached hydrogens (tertiary/aromatic N) is 3. The molecule has 0 radical (unpaired) electrons. The molecule has 0 atom stereocenters. The van der Waals surface area contributed by atoms with E-state index in [0.29, 0.717) is 11.4 Å². The number of amides is 1. The fourth-order valence-corrected chi connectivity index (χ4v) is 3.46. The van der Waals surface area contributed by atoms with Crippen molar-refractivity contribution >= 4 is 46.5 Å². The van der Waals surface area contributed by atoms with Crippen LogP contribution in [0.1, 0.15) is 27.2 Å². The third kappa shape index (κ3) is 3.70. The molecule has 2 N–H and O–H groups in total. The summed E-state index contributed by atoms with van der Waals surface area (Å²) in [6.45, 7) is 5.55. The number of hydrogen-bond donors (Lipinski definition) is 2. The van der Waals surface area contributed by atoms with Crippen molar-refractivity contribution in [1.29, 1.82) is 0 Å². The SMILES string of the molecule is CCC(C)(C)C(=O)Nc1[nH]n(-c2c(Cl)cc(Cl)cc2Cl)c(=O)c1-n1cccn1. The number of H-pyrrole nitrogens is 1. The highest BCUT2D eigenvalue weighted by atomic mass is 35.5. The normalized spacial score (nSPS) is 11.6. The van der Waals surface area contributed by atoms with Crippen LogP contribution in [0, 0.1) is 5.41 Å². The van der Waals surface area contributed by atoms with E-state index >= 15 is 0 Å². The molecule has 0 fully saturated rings. The van der Waals surface area contributed by atoms with E-state index in [9.17, 15) is 9.59 Å². The van der Waals surface area contributed by atoms with E-state index in [1.54, 1.807) is 12.3 Å². The van der Waals surface area contributed by atoms with Crippen molar-refractivity contribution < 1.29 is 4.79 Å². The molecule has 10 heteroatoms. The Labute approximate surface area is 176 Å². The van der Waals surface area contributed by atoms with E-state index in [1.165, 1.54) is 23.0 Å². The third-order valence-corrected chi connectivity index (χ3v) is 5.34. The second-order valence-corrected chi connectivity index (χ2v) is 8.09. The third-order valence-electron chi connectivity index (χ3n) is 4.54. The number of carbonyl (C=O) groups is 1. The van der Waals surface area contributed by atoms with E-state index < -0.39 is 11.0 Å². The average molecular weight is 443 g/mol. The van der Waals surface area contributed by atoms with Crippen molar-refractivity contribution in [2.45, 2.75) is 27.2 Å². The molecule has 0 unspecified atom stereocenters. The number of carbonyl (C=O) groups excluding carboxylic acids is 1. The zero-order chi connectivity index (χ0) is 20.6. The van der Waals surface area contributed by atoms with Crippen molar-refractivity contribution in [2.75, 3.05) is 5.32 Å². The molecule has 7 nitrogen and oxygen atoms in total. The monoisotopic (exact) mass is 441 g/mol. The van der Waals surface area contributed by atoms with E-state index in [2.05, 4.69) is 15.5 Å². The van der Waals surface area contributed by atoms with Gasteiger partial charge in [-0.1, -0.05) is 55.6 Å². The van der Waals surface area contributed by atoms with Crippen molar-refractivity contribution in [3.63, 3.8) is 0 Å². The Morgan fingerprint density at radius 1 is 1.21 bits per heavy atom. The maximum Gasteiger partial charge on any atom is 0.299 e. The van der Waals surface area contributed by atoms with Gasteiger partial charge in [-0.3, -0.25) is 14.7 Å². The highest BCUT2D eigenvalue weighted by Gasteiger charge is 2.29. The molecule has 0 saturated carbocycles. The lowest BCUT2D eigenvalue weighted by molar-refractivity contribution is -0.124. The molecule has 1 amide bonds. The van der Waals surface area contributed by atoms with Crippen LogP contribution in [-0.2, 0) is 4.79 Å². The Balaban J connectivity index is 2.20.